The van der Waals surface area contributed by atoms with Gasteiger partial charge in [0.15, 0.2) is 4.96 Å². The summed E-state index contributed by atoms with van der Waals surface area (Å²) >= 11 is 1.65. The van der Waals surface area contributed by atoms with Crippen LogP contribution in [-0.4, -0.2) is 20.4 Å². The molecule has 0 saturated heterocycles. The van der Waals surface area contributed by atoms with Gasteiger partial charge in [-0.1, -0.05) is 0 Å². The van der Waals surface area contributed by atoms with Crippen molar-refractivity contribution in [1.29, 1.82) is 0 Å². The number of nitrogens with two attached hydrogens (primary N) is 1. The van der Waals surface area contributed by atoms with Crippen LogP contribution in [0.15, 0.2) is 42.3 Å². The van der Waals surface area contributed by atoms with E-state index in [-0.39, 0.29) is 6.04 Å². The van der Waals surface area contributed by atoms with E-state index < -0.39 is 0 Å². The first-order valence-corrected chi connectivity index (χ1v) is 7.25. The van der Waals surface area contributed by atoms with Crippen molar-refractivity contribution in [2.75, 3.05) is 0 Å². The van der Waals surface area contributed by atoms with E-state index in [1.165, 1.54) is 5.56 Å². The Morgan fingerprint density at radius 1 is 1.32 bits per heavy atom. The fourth-order valence-electron chi connectivity index (χ4n) is 2.15. The summed E-state index contributed by atoms with van der Waals surface area (Å²) < 4.78 is 2.05. The highest BCUT2D eigenvalue weighted by Gasteiger charge is 2.08. The van der Waals surface area contributed by atoms with Gasteiger partial charge in [0.1, 0.15) is 0 Å². The number of hydrogen-bond acceptors (Lipinski definition) is 4. The molecule has 0 aliphatic carbocycles. The minimum atomic E-state index is 0.151. The first-order chi connectivity index (χ1) is 9.31. The molecule has 2 N–H and O–H groups in total. The maximum Gasteiger partial charge on any atom is 0.193 e. The summed E-state index contributed by atoms with van der Waals surface area (Å²) in [6, 6.07) is 4.23. The summed E-state index contributed by atoms with van der Waals surface area (Å²) in [7, 11) is 0. The van der Waals surface area contributed by atoms with Gasteiger partial charge in [-0.2, -0.15) is 0 Å². The second kappa shape index (κ2) is 5.50. The number of hydrogen-bond donors (Lipinski definition) is 1. The van der Waals surface area contributed by atoms with Gasteiger partial charge < -0.3 is 5.73 Å². The second-order valence-electron chi connectivity index (χ2n) is 4.68. The largest absolute Gasteiger partial charge is 0.327 e. The lowest BCUT2D eigenvalue weighted by Crippen LogP contribution is -2.23. The minimum absolute atomic E-state index is 0.151. The Labute approximate surface area is 115 Å². The molecule has 1 atom stereocenters. The maximum atomic E-state index is 6.18. The van der Waals surface area contributed by atoms with Gasteiger partial charge >= 0.3 is 0 Å². The van der Waals surface area contributed by atoms with Crippen molar-refractivity contribution in [1.82, 2.24) is 14.4 Å². The third-order valence-corrected chi connectivity index (χ3v) is 3.94. The van der Waals surface area contributed by atoms with Crippen molar-refractivity contribution in [2.45, 2.75) is 25.3 Å². The predicted octanol–water partition coefficient (Wildman–Crippen LogP) is 2.29. The van der Waals surface area contributed by atoms with E-state index in [0.29, 0.717) is 0 Å². The lowest BCUT2D eigenvalue weighted by atomic mass is 10.0. The number of thiazole rings is 1. The van der Waals surface area contributed by atoms with Crippen LogP contribution in [0.2, 0.25) is 0 Å². The number of rotatable bonds is 5. The predicted molar refractivity (Wildman–Crippen MR) is 77.3 cm³/mol. The maximum absolute atomic E-state index is 6.18. The van der Waals surface area contributed by atoms with Gasteiger partial charge in [0.05, 0.1) is 5.69 Å². The zero-order valence-electron chi connectivity index (χ0n) is 10.6. The van der Waals surface area contributed by atoms with Gasteiger partial charge in [-0.3, -0.25) is 9.38 Å². The van der Waals surface area contributed by atoms with Gasteiger partial charge in [-0.15, -0.1) is 11.3 Å². The standard InChI is InChI=1S/C14H16N4S/c15-12(2-1-11-3-5-16-6-4-11)9-13-10-18-7-8-19-14(18)17-13/h3-8,10,12H,1-2,9,15H2. The molecular weight excluding hydrogens is 256 g/mol. The van der Waals surface area contributed by atoms with Crippen LogP contribution >= 0.6 is 11.3 Å². The van der Waals surface area contributed by atoms with Crippen LogP contribution < -0.4 is 5.73 Å². The van der Waals surface area contributed by atoms with Crippen molar-refractivity contribution in [3.63, 3.8) is 0 Å². The zero-order valence-corrected chi connectivity index (χ0v) is 11.4. The molecule has 1 unspecified atom stereocenters. The second-order valence-corrected chi connectivity index (χ2v) is 5.56. The highest BCUT2D eigenvalue weighted by molar-refractivity contribution is 7.15. The van der Waals surface area contributed by atoms with E-state index in [1.807, 2.05) is 36.1 Å². The smallest absolute Gasteiger partial charge is 0.193 e. The Morgan fingerprint density at radius 3 is 2.95 bits per heavy atom. The lowest BCUT2D eigenvalue weighted by molar-refractivity contribution is 0.604. The van der Waals surface area contributed by atoms with Gasteiger partial charge in [0.2, 0.25) is 0 Å². The van der Waals surface area contributed by atoms with Crippen LogP contribution in [0, 0.1) is 0 Å². The van der Waals surface area contributed by atoms with E-state index in [2.05, 4.69) is 20.6 Å². The molecule has 3 aromatic rings. The van der Waals surface area contributed by atoms with Gasteiger partial charge in [-0.05, 0) is 30.5 Å². The summed E-state index contributed by atoms with van der Waals surface area (Å²) in [5.41, 5.74) is 8.55. The molecule has 5 heteroatoms. The molecule has 3 heterocycles. The Balaban J connectivity index is 1.56. The zero-order chi connectivity index (χ0) is 13.1. The molecule has 0 fully saturated rings. The number of aromatic nitrogens is 3. The molecule has 3 rings (SSSR count). The molecule has 3 aromatic heterocycles. The van der Waals surface area contributed by atoms with E-state index in [1.54, 1.807) is 11.3 Å². The normalized spacial score (nSPS) is 12.9. The molecule has 98 valence electrons. The quantitative estimate of drug-likeness (QED) is 0.775. The Morgan fingerprint density at radius 2 is 2.16 bits per heavy atom. The fraction of sp³-hybridized carbons (Fsp3) is 0.286. The number of imidazole rings is 1. The topological polar surface area (TPSA) is 56.2 Å². The summed E-state index contributed by atoms with van der Waals surface area (Å²) in [6.07, 6.45) is 10.5. The van der Waals surface area contributed by atoms with Crippen LogP contribution in [0.1, 0.15) is 17.7 Å². The van der Waals surface area contributed by atoms with E-state index >= 15 is 0 Å². The van der Waals surface area contributed by atoms with Crippen LogP contribution in [0.25, 0.3) is 4.96 Å². The highest BCUT2D eigenvalue weighted by atomic mass is 32.1. The molecule has 0 bridgehead atoms. The molecule has 0 aromatic carbocycles. The van der Waals surface area contributed by atoms with Crippen molar-refractivity contribution in [3.8, 4) is 0 Å². The number of pyridine rings is 1. The van der Waals surface area contributed by atoms with Crippen LogP contribution in [-0.2, 0) is 12.8 Å². The number of fused-ring (bicyclic) bond motifs is 1. The Kier molecular flexibility index (Phi) is 3.57. The fourth-order valence-corrected chi connectivity index (χ4v) is 2.87. The average Bonchev–Trinajstić information content (AvgIpc) is 2.98. The third kappa shape index (κ3) is 3.00. The Hall–Kier alpha value is -1.72. The van der Waals surface area contributed by atoms with Crippen LogP contribution in [0.4, 0.5) is 0 Å². The Bertz CT molecular complexity index is 615. The van der Waals surface area contributed by atoms with E-state index in [4.69, 9.17) is 5.73 Å². The summed E-state index contributed by atoms with van der Waals surface area (Å²) in [5.74, 6) is 0. The van der Waals surface area contributed by atoms with Crippen molar-refractivity contribution in [2.24, 2.45) is 5.73 Å². The van der Waals surface area contributed by atoms with Crippen molar-refractivity contribution < 1.29 is 0 Å². The molecule has 0 spiro atoms. The first kappa shape index (κ1) is 12.3. The summed E-state index contributed by atoms with van der Waals surface area (Å²) in [5, 5.41) is 2.04. The third-order valence-electron chi connectivity index (χ3n) is 3.17. The van der Waals surface area contributed by atoms with E-state index in [0.717, 1.165) is 29.9 Å². The molecule has 0 aliphatic heterocycles. The molecule has 0 amide bonds. The average molecular weight is 272 g/mol. The molecule has 0 radical (unpaired) electrons. The number of nitrogens with zero attached hydrogens (tertiary/aromatic N) is 3. The van der Waals surface area contributed by atoms with Crippen molar-refractivity contribution >= 4 is 16.3 Å². The van der Waals surface area contributed by atoms with Gasteiger partial charge in [0.25, 0.3) is 0 Å². The monoisotopic (exact) mass is 272 g/mol. The summed E-state index contributed by atoms with van der Waals surface area (Å²) in [4.78, 5) is 9.61. The molecular formula is C14H16N4S. The van der Waals surface area contributed by atoms with Crippen LogP contribution in [0.5, 0.6) is 0 Å². The molecule has 0 aliphatic rings. The summed E-state index contributed by atoms with van der Waals surface area (Å²) in [6.45, 7) is 0. The first-order valence-electron chi connectivity index (χ1n) is 6.37. The van der Waals surface area contributed by atoms with E-state index in [9.17, 15) is 0 Å². The van der Waals surface area contributed by atoms with Gasteiger partial charge in [-0.25, -0.2) is 4.98 Å². The molecule has 4 nitrogen and oxygen atoms in total. The SMILES string of the molecule is NC(CCc1ccncc1)Cc1cn2ccsc2n1. The molecule has 19 heavy (non-hydrogen) atoms. The van der Waals surface area contributed by atoms with Crippen molar-refractivity contribution in [3.05, 3.63) is 53.6 Å². The lowest BCUT2D eigenvalue weighted by Gasteiger charge is -2.09. The molecule has 0 saturated carbocycles. The van der Waals surface area contributed by atoms with Gasteiger partial charge in [0, 0.05) is 42.6 Å². The highest BCUT2D eigenvalue weighted by Crippen LogP contribution is 2.13. The number of aryl methyl sites for hydroxylation is 1. The minimum Gasteiger partial charge on any atom is -0.327 e. The van der Waals surface area contributed by atoms with Crippen LogP contribution in [0.3, 0.4) is 0 Å².